The maximum absolute atomic E-state index is 6.20. The molecule has 1 fully saturated rings. The van der Waals surface area contributed by atoms with Gasteiger partial charge in [-0.15, -0.1) is 0 Å². The van der Waals surface area contributed by atoms with Gasteiger partial charge in [-0.3, -0.25) is 0 Å². The molecule has 2 heterocycles. The Hall–Kier alpha value is -2.94. The Kier molecular flexibility index (Phi) is 6.81. The predicted molar refractivity (Wildman–Crippen MR) is 125 cm³/mol. The molecule has 31 heavy (non-hydrogen) atoms. The molecule has 10 heteroatoms. The number of aryl methyl sites for hydroxylation is 1. The van der Waals surface area contributed by atoms with Crippen LogP contribution >= 0.6 is 23.2 Å². The van der Waals surface area contributed by atoms with Gasteiger partial charge in [-0.1, -0.05) is 47.5 Å². The van der Waals surface area contributed by atoms with E-state index in [-0.39, 0.29) is 0 Å². The highest BCUT2D eigenvalue weighted by molar-refractivity contribution is 6.36. The van der Waals surface area contributed by atoms with Gasteiger partial charge in [-0.05, 0) is 30.7 Å². The molecule has 8 nitrogen and oxygen atoms in total. The maximum Gasteiger partial charge on any atom is 0.250 e. The Bertz CT molecular complexity index is 1090. The average Bonchev–Trinajstić information content (AvgIpc) is 2.77. The zero-order valence-electron chi connectivity index (χ0n) is 16.8. The van der Waals surface area contributed by atoms with Crippen LogP contribution in [0.1, 0.15) is 11.1 Å². The second-order valence-corrected chi connectivity index (χ2v) is 7.70. The predicted octanol–water partition coefficient (Wildman–Crippen LogP) is 4.51. The largest absolute Gasteiger partial charge is 0.378 e. The third-order valence-corrected chi connectivity index (χ3v) is 5.20. The van der Waals surface area contributed by atoms with E-state index >= 15 is 0 Å². The van der Waals surface area contributed by atoms with Crippen molar-refractivity contribution in [1.82, 2.24) is 15.0 Å². The number of hydrogen-bond acceptors (Lipinski definition) is 8. The quantitative estimate of drug-likeness (QED) is 0.415. The molecule has 0 aliphatic carbocycles. The summed E-state index contributed by atoms with van der Waals surface area (Å²) in [4.78, 5) is 15.6. The van der Waals surface area contributed by atoms with Crippen LogP contribution in [0.25, 0.3) is 0 Å². The first-order valence-electron chi connectivity index (χ1n) is 9.74. The standard InChI is InChI=1S/C21H21Cl2N7O/c1-14-4-2-3-5-18(14)25-19-26-20(28-21(27-19)30-8-10-31-11-9-30)29-24-13-15-6-7-16(22)12-17(15)23/h2-7,12-13H,8-11H2,1H3,(H2,25,26,27,28,29). The highest BCUT2D eigenvalue weighted by Gasteiger charge is 2.17. The van der Waals surface area contributed by atoms with Crippen molar-refractivity contribution in [3.05, 3.63) is 63.6 Å². The molecule has 3 aromatic rings. The summed E-state index contributed by atoms with van der Waals surface area (Å²) in [5.41, 5.74) is 5.60. The van der Waals surface area contributed by atoms with Crippen molar-refractivity contribution in [1.29, 1.82) is 0 Å². The van der Waals surface area contributed by atoms with Gasteiger partial charge in [-0.2, -0.15) is 20.1 Å². The molecule has 0 saturated carbocycles. The fourth-order valence-corrected chi connectivity index (χ4v) is 3.43. The van der Waals surface area contributed by atoms with Crippen molar-refractivity contribution in [3.63, 3.8) is 0 Å². The maximum atomic E-state index is 6.20. The fourth-order valence-electron chi connectivity index (χ4n) is 2.97. The number of aromatic nitrogens is 3. The third kappa shape index (κ3) is 5.61. The van der Waals surface area contributed by atoms with E-state index in [1.54, 1.807) is 24.4 Å². The molecule has 0 bridgehead atoms. The smallest absolute Gasteiger partial charge is 0.250 e. The number of benzene rings is 2. The Balaban J connectivity index is 1.59. The van der Waals surface area contributed by atoms with Crippen molar-refractivity contribution >= 4 is 52.9 Å². The first-order chi connectivity index (χ1) is 15.1. The molecule has 1 aliphatic heterocycles. The van der Waals surface area contributed by atoms with Crippen molar-refractivity contribution in [2.75, 3.05) is 41.9 Å². The van der Waals surface area contributed by atoms with Gasteiger partial charge in [0.15, 0.2) is 0 Å². The molecule has 1 aromatic heterocycles. The fraction of sp³-hybridized carbons (Fsp3) is 0.238. The molecule has 160 valence electrons. The summed E-state index contributed by atoms with van der Waals surface area (Å²) in [6.07, 6.45) is 1.59. The van der Waals surface area contributed by atoms with Gasteiger partial charge in [0.25, 0.3) is 0 Å². The molecule has 0 unspecified atom stereocenters. The van der Waals surface area contributed by atoms with Crippen LogP contribution in [0.3, 0.4) is 0 Å². The van der Waals surface area contributed by atoms with Gasteiger partial charge in [0, 0.05) is 29.4 Å². The second-order valence-electron chi connectivity index (χ2n) is 6.86. The summed E-state index contributed by atoms with van der Waals surface area (Å²) in [6.45, 7) is 4.68. The normalized spacial score (nSPS) is 14.1. The van der Waals surface area contributed by atoms with E-state index in [2.05, 4.69) is 35.7 Å². The van der Waals surface area contributed by atoms with Crippen LogP contribution in [-0.4, -0.2) is 47.5 Å². The number of hydrogen-bond donors (Lipinski definition) is 2. The minimum absolute atomic E-state index is 0.314. The Morgan fingerprint density at radius 1 is 1.03 bits per heavy atom. The van der Waals surface area contributed by atoms with Crippen LogP contribution in [0.2, 0.25) is 10.0 Å². The summed E-state index contributed by atoms with van der Waals surface area (Å²) in [5, 5.41) is 8.56. The lowest BCUT2D eigenvalue weighted by atomic mass is 10.2. The molecule has 2 N–H and O–H groups in total. The zero-order valence-corrected chi connectivity index (χ0v) is 18.4. The Morgan fingerprint density at radius 2 is 1.81 bits per heavy atom. The lowest BCUT2D eigenvalue weighted by molar-refractivity contribution is 0.122. The van der Waals surface area contributed by atoms with Crippen LogP contribution in [0.15, 0.2) is 47.6 Å². The lowest BCUT2D eigenvalue weighted by Crippen LogP contribution is -2.37. The van der Waals surface area contributed by atoms with Crippen molar-refractivity contribution < 1.29 is 4.74 Å². The number of halogens is 2. The summed E-state index contributed by atoms with van der Waals surface area (Å²) >= 11 is 12.1. The molecule has 0 amide bonds. The molecule has 0 atom stereocenters. The van der Waals surface area contributed by atoms with Crippen LogP contribution < -0.4 is 15.6 Å². The molecular formula is C21H21Cl2N7O. The number of para-hydroxylation sites is 1. The van der Waals surface area contributed by atoms with Gasteiger partial charge in [0.1, 0.15) is 0 Å². The molecule has 1 aliphatic rings. The van der Waals surface area contributed by atoms with Gasteiger partial charge >= 0.3 is 0 Å². The Labute approximate surface area is 190 Å². The van der Waals surface area contributed by atoms with Gasteiger partial charge < -0.3 is 15.0 Å². The van der Waals surface area contributed by atoms with Crippen molar-refractivity contribution in [2.45, 2.75) is 6.92 Å². The van der Waals surface area contributed by atoms with Crippen molar-refractivity contribution in [2.24, 2.45) is 5.10 Å². The number of hydrazone groups is 1. The van der Waals surface area contributed by atoms with E-state index in [1.807, 2.05) is 31.2 Å². The minimum atomic E-state index is 0.314. The molecular weight excluding hydrogens is 437 g/mol. The lowest BCUT2D eigenvalue weighted by Gasteiger charge is -2.27. The molecule has 1 saturated heterocycles. The SMILES string of the molecule is Cc1ccccc1Nc1nc(NN=Cc2ccc(Cl)cc2Cl)nc(N2CCOCC2)n1. The summed E-state index contributed by atoms with van der Waals surface area (Å²) in [5.74, 6) is 1.29. The van der Waals surface area contributed by atoms with Crippen LogP contribution in [0.4, 0.5) is 23.5 Å². The number of anilines is 4. The molecule has 0 radical (unpaired) electrons. The first kappa shape index (κ1) is 21.3. The van der Waals surface area contributed by atoms with Crippen LogP contribution in [0.5, 0.6) is 0 Å². The highest BCUT2D eigenvalue weighted by Crippen LogP contribution is 2.22. The van der Waals surface area contributed by atoms with E-state index in [0.717, 1.165) is 16.8 Å². The van der Waals surface area contributed by atoms with E-state index < -0.39 is 0 Å². The van der Waals surface area contributed by atoms with Crippen molar-refractivity contribution in [3.8, 4) is 0 Å². The van der Waals surface area contributed by atoms with E-state index in [1.165, 1.54) is 0 Å². The second kappa shape index (κ2) is 9.91. The highest BCUT2D eigenvalue weighted by atomic mass is 35.5. The number of nitrogens with zero attached hydrogens (tertiary/aromatic N) is 5. The molecule has 4 rings (SSSR count). The monoisotopic (exact) mass is 457 g/mol. The number of ether oxygens (including phenoxy) is 1. The van der Waals surface area contributed by atoms with E-state index in [0.29, 0.717) is 54.2 Å². The van der Waals surface area contributed by atoms with Gasteiger partial charge in [-0.25, -0.2) is 5.43 Å². The zero-order chi connectivity index (χ0) is 21.6. The van der Waals surface area contributed by atoms with Crippen LogP contribution in [0, 0.1) is 6.92 Å². The van der Waals surface area contributed by atoms with Crippen LogP contribution in [-0.2, 0) is 4.74 Å². The summed E-state index contributed by atoms with van der Waals surface area (Å²) in [6, 6.07) is 13.1. The number of rotatable bonds is 6. The van der Waals surface area contributed by atoms with E-state index in [9.17, 15) is 0 Å². The van der Waals surface area contributed by atoms with Gasteiger partial charge in [0.05, 0.1) is 24.5 Å². The Morgan fingerprint density at radius 3 is 2.58 bits per heavy atom. The minimum Gasteiger partial charge on any atom is -0.378 e. The average molecular weight is 458 g/mol. The molecule has 2 aromatic carbocycles. The number of morpholine rings is 1. The third-order valence-electron chi connectivity index (χ3n) is 4.64. The summed E-state index contributed by atoms with van der Waals surface area (Å²) < 4.78 is 5.44. The summed E-state index contributed by atoms with van der Waals surface area (Å²) in [7, 11) is 0. The van der Waals surface area contributed by atoms with E-state index in [4.69, 9.17) is 27.9 Å². The van der Waals surface area contributed by atoms with Gasteiger partial charge in [0.2, 0.25) is 17.8 Å². The first-order valence-corrected chi connectivity index (χ1v) is 10.5. The topological polar surface area (TPSA) is 87.6 Å². The number of nitrogens with one attached hydrogen (secondary N) is 2. The molecule has 0 spiro atoms.